The molecular weight excluding hydrogens is 334 g/mol. The van der Waals surface area contributed by atoms with Crippen LogP contribution < -0.4 is 5.32 Å². The van der Waals surface area contributed by atoms with Crippen LogP contribution in [0.15, 0.2) is 71.7 Å². The normalized spacial score (nSPS) is 11.7. The number of aryl methyl sites for hydroxylation is 3. The lowest BCUT2D eigenvalue weighted by Crippen LogP contribution is -2.23. The van der Waals surface area contributed by atoms with Gasteiger partial charge in [0.2, 0.25) is 5.96 Å². The highest BCUT2D eigenvalue weighted by molar-refractivity contribution is 6.01. The van der Waals surface area contributed by atoms with E-state index < -0.39 is 0 Å². The van der Waals surface area contributed by atoms with E-state index in [1.807, 2.05) is 54.6 Å². The predicted molar refractivity (Wildman–Crippen MR) is 111 cm³/mol. The minimum absolute atomic E-state index is 0.616. The number of aromatic nitrogens is 3. The van der Waals surface area contributed by atoms with Crippen LogP contribution in [-0.4, -0.2) is 21.0 Å². The summed E-state index contributed by atoms with van der Waals surface area (Å²) >= 11 is 0. The molecule has 0 spiro atoms. The molecular formula is C22H21N5. The molecule has 0 fully saturated rings. The van der Waals surface area contributed by atoms with E-state index in [-0.39, 0.29) is 0 Å². The van der Waals surface area contributed by atoms with Gasteiger partial charge >= 0.3 is 0 Å². The molecule has 0 aliphatic heterocycles. The van der Waals surface area contributed by atoms with E-state index in [1.165, 1.54) is 5.56 Å². The quantitative estimate of drug-likeness (QED) is 0.406. The van der Waals surface area contributed by atoms with Crippen molar-refractivity contribution in [3.8, 4) is 0 Å². The first-order chi connectivity index (χ1) is 13.1. The molecule has 0 saturated heterocycles. The zero-order chi connectivity index (χ0) is 18.8. The molecule has 0 bridgehead atoms. The Morgan fingerprint density at radius 1 is 0.889 bits per heavy atom. The average molecular weight is 355 g/mol. The van der Waals surface area contributed by atoms with Crippen LogP contribution in [0.3, 0.4) is 0 Å². The highest BCUT2D eigenvalue weighted by Crippen LogP contribution is 2.26. The van der Waals surface area contributed by atoms with E-state index in [4.69, 9.17) is 4.99 Å². The maximum Gasteiger partial charge on any atom is 0.230 e. The number of para-hydroxylation sites is 2. The third-order valence-electron chi connectivity index (χ3n) is 4.44. The molecule has 4 aromatic rings. The van der Waals surface area contributed by atoms with Crippen molar-refractivity contribution in [3.05, 3.63) is 83.4 Å². The molecule has 0 aliphatic carbocycles. The first-order valence-electron chi connectivity index (χ1n) is 8.91. The summed E-state index contributed by atoms with van der Waals surface area (Å²) < 4.78 is 1.75. The molecule has 0 unspecified atom stereocenters. The van der Waals surface area contributed by atoms with Gasteiger partial charge in [-0.2, -0.15) is 4.68 Å². The molecule has 1 heterocycles. The second kappa shape index (κ2) is 7.03. The zero-order valence-electron chi connectivity index (χ0n) is 15.6. The van der Waals surface area contributed by atoms with Crippen LogP contribution in [0.1, 0.15) is 16.7 Å². The number of nitrogens with zero attached hydrogens (tertiary/aromatic N) is 4. The molecule has 3 aromatic carbocycles. The van der Waals surface area contributed by atoms with E-state index in [9.17, 15) is 0 Å². The molecule has 27 heavy (non-hydrogen) atoms. The van der Waals surface area contributed by atoms with Crippen molar-refractivity contribution in [2.45, 2.75) is 20.8 Å². The van der Waals surface area contributed by atoms with Crippen LogP contribution in [0.4, 0.5) is 11.4 Å². The predicted octanol–water partition coefficient (Wildman–Crippen LogP) is 5.00. The van der Waals surface area contributed by atoms with E-state index in [1.54, 1.807) is 4.68 Å². The lowest BCUT2D eigenvalue weighted by atomic mass is 10.1. The fraction of sp³-hybridized carbons (Fsp3) is 0.136. The molecule has 5 nitrogen and oxygen atoms in total. The van der Waals surface area contributed by atoms with Crippen molar-refractivity contribution >= 4 is 28.4 Å². The summed E-state index contributed by atoms with van der Waals surface area (Å²) in [7, 11) is 0. The number of nitrogens with one attached hydrogen (secondary N) is 1. The lowest BCUT2D eigenvalue weighted by Gasteiger charge is -2.13. The second-order valence-corrected chi connectivity index (χ2v) is 6.66. The van der Waals surface area contributed by atoms with Crippen molar-refractivity contribution in [2.24, 2.45) is 4.99 Å². The Kier molecular flexibility index (Phi) is 4.42. The number of fused-ring (bicyclic) bond motifs is 1. The molecule has 1 N–H and O–H groups in total. The minimum atomic E-state index is 0.616. The van der Waals surface area contributed by atoms with Gasteiger partial charge in [0.1, 0.15) is 5.52 Å². The first kappa shape index (κ1) is 17.0. The minimum Gasteiger partial charge on any atom is -0.324 e. The molecule has 5 heteroatoms. The third kappa shape index (κ3) is 3.44. The zero-order valence-corrected chi connectivity index (χ0v) is 15.6. The maximum atomic E-state index is 4.95. The Bertz CT molecular complexity index is 1100. The first-order valence-corrected chi connectivity index (χ1v) is 8.91. The highest BCUT2D eigenvalue weighted by atomic mass is 15.5. The van der Waals surface area contributed by atoms with Gasteiger partial charge in [0.05, 0.1) is 11.2 Å². The lowest BCUT2D eigenvalue weighted by molar-refractivity contribution is 0.858. The van der Waals surface area contributed by atoms with Crippen LogP contribution in [-0.2, 0) is 0 Å². The van der Waals surface area contributed by atoms with Gasteiger partial charge in [0, 0.05) is 5.69 Å². The molecule has 0 amide bonds. The van der Waals surface area contributed by atoms with Gasteiger partial charge in [-0.3, -0.25) is 0 Å². The Labute approximate surface area is 158 Å². The van der Waals surface area contributed by atoms with Crippen molar-refractivity contribution < 1.29 is 0 Å². The second-order valence-electron chi connectivity index (χ2n) is 6.66. The van der Waals surface area contributed by atoms with Crippen molar-refractivity contribution in [1.82, 2.24) is 15.0 Å². The van der Waals surface area contributed by atoms with Crippen LogP contribution in [0.25, 0.3) is 11.0 Å². The van der Waals surface area contributed by atoms with Crippen LogP contribution >= 0.6 is 0 Å². The van der Waals surface area contributed by atoms with Gasteiger partial charge in [-0.1, -0.05) is 53.2 Å². The van der Waals surface area contributed by atoms with Crippen LogP contribution in [0.5, 0.6) is 0 Å². The summed E-state index contributed by atoms with van der Waals surface area (Å²) in [5.74, 6) is 0.616. The molecule has 0 radical (unpaired) electrons. The largest absolute Gasteiger partial charge is 0.324 e. The topological polar surface area (TPSA) is 55.1 Å². The Balaban J connectivity index is 1.89. The summed E-state index contributed by atoms with van der Waals surface area (Å²) in [5.41, 5.74) is 7.11. The van der Waals surface area contributed by atoms with Gasteiger partial charge in [-0.05, 0) is 56.2 Å². The monoisotopic (exact) mass is 355 g/mol. The number of rotatable bonds is 2. The Hall–Kier alpha value is -3.47. The summed E-state index contributed by atoms with van der Waals surface area (Å²) in [4.78, 5) is 4.95. The van der Waals surface area contributed by atoms with Crippen molar-refractivity contribution in [2.75, 3.05) is 5.32 Å². The summed E-state index contributed by atoms with van der Waals surface area (Å²) in [6.07, 6.45) is 0. The number of aliphatic imine (C=N–C) groups is 1. The van der Waals surface area contributed by atoms with Crippen LogP contribution in [0, 0.1) is 20.8 Å². The number of hydrogen-bond acceptors (Lipinski definition) is 3. The van der Waals surface area contributed by atoms with Crippen molar-refractivity contribution in [3.63, 3.8) is 0 Å². The van der Waals surface area contributed by atoms with Gasteiger partial charge in [0.25, 0.3) is 0 Å². The van der Waals surface area contributed by atoms with Gasteiger partial charge in [-0.25, -0.2) is 4.99 Å². The molecule has 134 valence electrons. The average Bonchev–Trinajstić information content (AvgIpc) is 3.08. The van der Waals surface area contributed by atoms with E-state index in [2.05, 4.69) is 48.5 Å². The van der Waals surface area contributed by atoms with Crippen LogP contribution in [0.2, 0.25) is 0 Å². The summed E-state index contributed by atoms with van der Waals surface area (Å²) in [5, 5.41) is 12.0. The summed E-state index contributed by atoms with van der Waals surface area (Å²) in [6.45, 7) is 6.26. The molecule has 0 atom stereocenters. The smallest absolute Gasteiger partial charge is 0.230 e. The summed E-state index contributed by atoms with van der Waals surface area (Å²) in [6, 6.07) is 22.1. The Morgan fingerprint density at radius 2 is 1.56 bits per heavy atom. The van der Waals surface area contributed by atoms with E-state index >= 15 is 0 Å². The fourth-order valence-corrected chi connectivity index (χ4v) is 3.26. The fourth-order valence-electron chi connectivity index (χ4n) is 3.26. The Morgan fingerprint density at radius 3 is 2.30 bits per heavy atom. The van der Waals surface area contributed by atoms with E-state index in [0.29, 0.717) is 5.96 Å². The molecule has 4 rings (SSSR count). The van der Waals surface area contributed by atoms with Gasteiger partial charge < -0.3 is 5.32 Å². The standard InChI is InChI=1S/C22H21N5/c1-15-13-16(2)21(17(3)14-15)24-22(23-18-9-5-4-6-10-18)27-20-12-8-7-11-19(20)25-26-27/h4-14H,1-3H3,(H,23,24). The van der Waals surface area contributed by atoms with E-state index in [0.717, 1.165) is 33.5 Å². The number of benzene rings is 3. The SMILES string of the molecule is Cc1cc(C)c(N=C(Nc2ccccc2)n2nnc3ccccc32)c(C)c1. The molecule has 0 aliphatic rings. The number of anilines is 1. The van der Waals surface area contributed by atoms with Gasteiger partial charge in [-0.15, -0.1) is 5.10 Å². The van der Waals surface area contributed by atoms with Crippen molar-refractivity contribution in [1.29, 1.82) is 0 Å². The third-order valence-corrected chi connectivity index (χ3v) is 4.44. The molecule has 1 aromatic heterocycles. The number of hydrogen-bond donors (Lipinski definition) is 1. The highest BCUT2D eigenvalue weighted by Gasteiger charge is 2.12. The molecule has 0 saturated carbocycles. The maximum absolute atomic E-state index is 4.95. The van der Waals surface area contributed by atoms with Gasteiger partial charge in [0.15, 0.2) is 0 Å².